The second-order valence-electron chi connectivity index (χ2n) is 3.18. The summed E-state index contributed by atoms with van der Waals surface area (Å²) >= 11 is 5.52. The van der Waals surface area contributed by atoms with E-state index in [0.29, 0.717) is 19.4 Å². The SMILES string of the molecule is NCCC(O)Cc1ccc(Cl)c(F)c1. The molecule has 2 nitrogen and oxygen atoms in total. The molecule has 0 saturated carbocycles. The number of aliphatic hydroxyl groups is 1. The fourth-order valence-corrected chi connectivity index (χ4v) is 1.35. The first-order valence-electron chi connectivity index (χ1n) is 4.45. The first kappa shape index (κ1) is 11.4. The monoisotopic (exact) mass is 217 g/mol. The summed E-state index contributed by atoms with van der Waals surface area (Å²) < 4.78 is 13.0. The van der Waals surface area contributed by atoms with Crippen LogP contribution in [0.2, 0.25) is 5.02 Å². The predicted molar refractivity (Wildman–Crippen MR) is 54.8 cm³/mol. The minimum atomic E-state index is -0.513. The van der Waals surface area contributed by atoms with E-state index in [0.717, 1.165) is 5.56 Å². The van der Waals surface area contributed by atoms with Gasteiger partial charge in [0.05, 0.1) is 11.1 Å². The number of rotatable bonds is 4. The number of benzene rings is 1. The molecule has 1 aromatic rings. The summed E-state index contributed by atoms with van der Waals surface area (Å²) in [6, 6.07) is 4.52. The van der Waals surface area contributed by atoms with Crippen molar-refractivity contribution in [3.63, 3.8) is 0 Å². The molecule has 1 rings (SSSR count). The van der Waals surface area contributed by atoms with Gasteiger partial charge in [-0.25, -0.2) is 4.39 Å². The molecule has 1 unspecified atom stereocenters. The number of halogens is 2. The van der Waals surface area contributed by atoms with Crippen molar-refractivity contribution in [3.05, 3.63) is 34.6 Å². The van der Waals surface area contributed by atoms with Crippen LogP contribution in [0.5, 0.6) is 0 Å². The molecular weight excluding hydrogens is 205 g/mol. The highest BCUT2D eigenvalue weighted by Crippen LogP contribution is 2.16. The van der Waals surface area contributed by atoms with Gasteiger partial charge in [-0.1, -0.05) is 17.7 Å². The van der Waals surface area contributed by atoms with Gasteiger partial charge in [-0.15, -0.1) is 0 Å². The van der Waals surface area contributed by atoms with Gasteiger partial charge < -0.3 is 10.8 Å². The maximum absolute atomic E-state index is 13.0. The summed E-state index contributed by atoms with van der Waals surface area (Å²) in [5.41, 5.74) is 6.01. The van der Waals surface area contributed by atoms with Crippen LogP contribution in [0.3, 0.4) is 0 Å². The first-order valence-corrected chi connectivity index (χ1v) is 4.83. The lowest BCUT2D eigenvalue weighted by atomic mass is 10.1. The number of hydrogen-bond acceptors (Lipinski definition) is 2. The zero-order valence-corrected chi connectivity index (χ0v) is 8.47. The van der Waals surface area contributed by atoms with Crippen molar-refractivity contribution in [1.82, 2.24) is 0 Å². The average Bonchev–Trinajstić information content (AvgIpc) is 2.12. The fraction of sp³-hybridized carbons (Fsp3) is 0.400. The van der Waals surface area contributed by atoms with Crippen molar-refractivity contribution in [2.75, 3.05) is 6.54 Å². The van der Waals surface area contributed by atoms with Gasteiger partial charge in [0.1, 0.15) is 5.82 Å². The second-order valence-corrected chi connectivity index (χ2v) is 3.59. The predicted octanol–water partition coefficient (Wildman–Crippen LogP) is 1.73. The van der Waals surface area contributed by atoms with Crippen molar-refractivity contribution < 1.29 is 9.50 Å². The normalized spacial score (nSPS) is 12.9. The Morgan fingerprint density at radius 1 is 1.50 bits per heavy atom. The zero-order chi connectivity index (χ0) is 10.6. The van der Waals surface area contributed by atoms with Crippen LogP contribution < -0.4 is 5.73 Å². The Hall–Kier alpha value is -0.640. The molecule has 3 N–H and O–H groups in total. The topological polar surface area (TPSA) is 46.2 Å². The van der Waals surface area contributed by atoms with Crippen LogP contribution in [0.25, 0.3) is 0 Å². The van der Waals surface area contributed by atoms with Crippen LogP contribution >= 0.6 is 11.6 Å². The molecule has 0 spiro atoms. The highest BCUT2D eigenvalue weighted by Gasteiger charge is 2.06. The lowest BCUT2D eigenvalue weighted by molar-refractivity contribution is 0.167. The summed E-state index contributed by atoms with van der Waals surface area (Å²) in [6.45, 7) is 0.428. The summed E-state index contributed by atoms with van der Waals surface area (Å²) in [6.07, 6.45) is 0.413. The van der Waals surface area contributed by atoms with Gasteiger partial charge in [0.2, 0.25) is 0 Å². The van der Waals surface area contributed by atoms with E-state index < -0.39 is 11.9 Å². The third-order valence-electron chi connectivity index (χ3n) is 1.96. The third kappa shape index (κ3) is 3.25. The van der Waals surface area contributed by atoms with Crippen molar-refractivity contribution in [2.24, 2.45) is 5.73 Å². The molecule has 0 fully saturated rings. The van der Waals surface area contributed by atoms with Crippen LogP contribution in [0, 0.1) is 5.82 Å². The molecule has 78 valence electrons. The minimum absolute atomic E-state index is 0.0991. The fourth-order valence-electron chi connectivity index (χ4n) is 1.23. The van der Waals surface area contributed by atoms with E-state index in [1.165, 1.54) is 12.1 Å². The Bertz CT molecular complexity index is 306. The summed E-state index contributed by atoms with van der Waals surface area (Å²) in [5, 5.41) is 9.53. The molecule has 0 bridgehead atoms. The molecular formula is C10H13ClFNO. The Morgan fingerprint density at radius 3 is 2.79 bits per heavy atom. The smallest absolute Gasteiger partial charge is 0.142 e. The lowest BCUT2D eigenvalue weighted by Gasteiger charge is -2.09. The van der Waals surface area contributed by atoms with Crippen molar-refractivity contribution in [2.45, 2.75) is 18.9 Å². The molecule has 0 heterocycles. The van der Waals surface area contributed by atoms with E-state index >= 15 is 0 Å². The standard InChI is InChI=1S/C10H13ClFNO/c11-9-2-1-7(6-10(9)12)5-8(14)3-4-13/h1-2,6,8,14H,3-5,13H2. The van der Waals surface area contributed by atoms with Crippen molar-refractivity contribution in [3.8, 4) is 0 Å². The van der Waals surface area contributed by atoms with Gasteiger partial charge in [0, 0.05) is 0 Å². The summed E-state index contributed by atoms with van der Waals surface area (Å²) in [7, 11) is 0. The van der Waals surface area contributed by atoms with Crippen molar-refractivity contribution >= 4 is 11.6 Å². The number of nitrogens with two attached hydrogens (primary N) is 1. The van der Waals surface area contributed by atoms with Crippen LogP contribution in [0.15, 0.2) is 18.2 Å². The van der Waals surface area contributed by atoms with Crippen LogP contribution in [0.4, 0.5) is 4.39 Å². The van der Waals surface area contributed by atoms with Gasteiger partial charge in [-0.3, -0.25) is 0 Å². The largest absolute Gasteiger partial charge is 0.393 e. The molecule has 1 aromatic carbocycles. The van der Waals surface area contributed by atoms with Gasteiger partial charge in [0.25, 0.3) is 0 Å². The van der Waals surface area contributed by atoms with E-state index in [2.05, 4.69) is 0 Å². The molecule has 4 heteroatoms. The molecule has 0 radical (unpaired) electrons. The molecule has 0 aliphatic carbocycles. The van der Waals surface area contributed by atoms with Crippen LogP contribution in [-0.2, 0) is 6.42 Å². The van der Waals surface area contributed by atoms with E-state index in [1.807, 2.05) is 0 Å². The average molecular weight is 218 g/mol. The summed E-state index contributed by atoms with van der Waals surface area (Å²) in [5.74, 6) is -0.455. The minimum Gasteiger partial charge on any atom is -0.393 e. The van der Waals surface area contributed by atoms with Gasteiger partial charge >= 0.3 is 0 Å². The second kappa shape index (κ2) is 5.29. The van der Waals surface area contributed by atoms with Crippen LogP contribution in [0.1, 0.15) is 12.0 Å². The molecule has 0 aliphatic heterocycles. The van der Waals surface area contributed by atoms with E-state index in [1.54, 1.807) is 6.07 Å². The highest BCUT2D eigenvalue weighted by molar-refractivity contribution is 6.30. The molecule has 14 heavy (non-hydrogen) atoms. The maximum Gasteiger partial charge on any atom is 0.142 e. The van der Waals surface area contributed by atoms with Crippen molar-refractivity contribution in [1.29, 1.82) is 0 Å². The van der Waals surface area contributed by atoms with Gasteiger partial charge in [-0.2, -0.15) is 0 Å². The Labute approximate surface area is 87.5 Å². The van der Waals surface area contributed by atoms with Gasteiger partial charge in [0.15, 0.2) is 0 Å². The Kier molecular flexibility index (Phi) is 4.32. The first-order chi connectivity index (χ1) is 6.63. The molecule has 0 aliphatic rings. The third-order valence-corrected chi connectivity index (χ3v) is 2.26. The zero-order valence-electron chi connectivity index (χ0n) is 7.71. The molecule has 0 aromatic heterocycles. The van der Waals surface area contributed by atoms with Crippen LogP contribution in [-0.4, -0.2) is 17.8 Å². The number of hydrogen-bond donors (Lipinski definition) is 2. The Morgan fingerprint density at radius 2 is 2.21 bits per heavy atom. The quantitative estimate of drug-likeness (QED) is 0.807. The maximum atomic E-state index is 13.0. The summed E-state index contributed by atoms with van der Waals surface area (Å²) in [4.78, 5) is 0. The molecule has 0 saturated heterocycles. The lowest BCUT2D eigenvalue weighted by Crippen LogP contribution is -2.15. The molecule has 1 atom stereocenters. The molecule has 0 amide bonds. The number of aliphatic hydroxyl groups excluding tert-OH is 1. The highest BCUT2D eigenvalue weighted by atomic mass is 35.5. The van der Waals surface area contributed by atoms with E-state index in [4.69, 9.17) is 17.3 Å². The Balaban J connectivity index is 2.63. The van der Waals surface area contributed by atoms with E-state index in [9.17, 15) is 9.50 Å². The van der Waals surface area contributed by atoms with Gasteiger partial charge in [-0.05, 0) is 37.1 Å². The van der Waals surface area contributed by atoms with E-state index in [-0.39, 0.29) is 5.02 Å².